The van der Waals surface area contributed by atoms with Gasteiger partial charge in [0.15, 0.2) is 0 Å². The van der Waals surface area contributed by atoms with Gasteiger partial charge < -0.3 is 5.73 Å². The Morgan fingerprint density at radius 2 is 1.96 bits per heavy atom. The molecular weight excluding hydrogens is 424 g/mol. The van der Waals surface area contributed by atoms with Gasteiger partial charge in [-0.3, -0.25) is 10.1 Å². The third kappa shape index (κ3) is 3.47. The van der Waals surface area contributed by atoms with E-state index >= 15 is 0 Å². The number of nitrogens with zero attached hydrogens (tertiary/aromatic N) is 5. The summed E-state index contributed by atoms with van der Waals surface area (Å²) in [5, 5.41) is 34.6. The van der Waals surface area contributed by atoms with Crippen LogP contribution in [0.1, 0.15) is 16.8 Å². The zero-order chi connectivity index (χ0) is 20.3. The van der Waals surface area contributed by atoms with E-state index in [1.165, 1.54) is 22.9 Å². The number of halogens is 1. The number of nitro groups is 1. The van der Waals surface area contributed by atoms with E-state index in [0.29, 0.717) is 15.7 Å². The predicted octanol–water partition coefficient (Wildman–Crippen LogP) is 4.06. The summed E-state index contributed by atoms with van der Waals surface area (Å²) in [6.07, 6.45) is 1.43. The van der Waals surface area contributed by atoms with Gasteiger partial charge in [-0.05, 0) is 45.8 Å². The van der Waals surface area contributed by atoms with Crippen LogP contribution in [-0.2, 0) is 0 Å². The standard InChI is InChI=1S/C19H11BrN6O2/c20-16-7-6-12(9-17(16)26(27)28)8-13(10-21)18-15(11-22)19(23)25(24-18)14-4-2-1-3-5-14/h1-9H,23H2/b13-8+. The average molecular weight is 435 g/mol. The number of aromatic nitrogens is 2. The van der Waals surface area contributed by atoms with Gasteiger partial charge in [0.1, 0.15) is 29.2 Å². The molecule has 1 heterocycles. The molecule has 2 aromatic carbocycles. The number of nitrogens with two attached hydrogens (primary N) is 1. The number of nitro benzene ring substituents is 1. The number of para-hydroxylation sites is 1. The molecule has 28 heavy (non-hydrogen) atoms. The van der Waals surface area contributed by atoms with Crippen molar-refractivity contribution in [1.29, 1.82) is 10.5 Å². The van der Waals surface area contributed by atoms with Crippen LogP contribution in [0.15, 0.2) is 53.0 Å². The summed E-state index contributed by atoms with van der Waals surface area (Å²) < 4.78 is 1.70. The Hall–Kier alpha value is -3.95. The van der Waals surface area contributed by atoms with E-state index in [4.69, 9.17) is 5.73 Å². The van der Waals surface area contributed by atoms with Gasteiger partial charge in [-0.1, -0.05) is 24.3 Å². The van der Waals surface area contributed by atoms with Crippen LogP contribution in [0.3, 0.4) is 0 Å². The molecule has 0 saturated heterocycles. The lowest BCUT2D eigenvalue weighted by Gasteiger charge is -2.02. The van der Waals surface area contributed by atoms with Crippen molar-refractivity contribution in [3.05, 3.63) is 79.9 Å². The lowest BCUT2D eigenvalue weighted by molar-refractivity contribution is -0.385. The summed E-state index contributed by atoms with van der Waals surface area (Å²) in [6, 6.07) is 17.4. The Bertz CT molecular complexity index is 1190. The Kier molecular flexibility index (Phi) is 5.21. The van der Waals surface area contributed by atoms with Crippen molar-refractivity contribution in [2.45, 2.75) is 0 Å². The van der Waals surface area contributed by atoms with Crippen LogP contribution in [0, 0.1) is 32.8 Å². The Balaban J connectivity index is 2.15. The predicted molar refractivity (Wildman–Crippen MR) is 107 cm³/mol. The summed E-state index contributed by atoms with van der Waals surface area (Å²) in [4.78, 5) is 10.6. The van der Waals surface area contributed by atoms with Gasteiger partial charge in [0, 0.05) is 6.07 Å². The molecule has 1 aromatic heterocycles. The first-order chi connectivity index (χ1) is 13.5. The van der Waals surface area contributed by atoms with E-state index in [-0.39, 0.29) is 28.3 Å². The maximum atomic E-state index is 11.1. The Morgan fingerprint density at radius 1 is 1.25 bits per heavy atom. The van der Waals surface area contributed by atoms with Crippen molar-refractivity contribution < 1.29 is 4.92 Å². The highest BCUT2D eigenvalue weighted by molar-refractivity contribution is 9.10. The number of hydrogen-bond donors (Lipinski definition) is 1. The van der Waals surface area contributed by atoms with Gasteiger partial charge in [0.05, 0.1) is 20.7 Å². The fourth-order valence-corrected chi connectivity index (χ4v) is 2.97. The fourth-order valence-electron chi connectivity index (χ4n) is 2.58. The highest BCUT2D eigenvalue weighted by atomic mass is 79.9. The van der Waals surface area contributed by atoms with Crippen LogP contribution in [0.5, 0.6) is 0 Å². The zero-order valence-corrected chi connectivity index (χ0v) is 15.8. The zero-order valence-electron chi connectivity index (χ0n) is 14.2. The van der Waals surface area contributed by atoms with Gasteiger partial charge >= 0.3 is 0 Å². The monoisotopic (exact) mass is 434 g/mol. The van der Waals surface area contributed by atoms with Crippen molar-refractivity contribution in [2.75, 3.05) is 5.73 Å². The van der Waals surface area contributed by atoms with E-state index in [1.54, 1.807) is 30.3 Å². The second kappa shape index (κ2) is 7.74. The molecule has 0 amide bonds. The minimum atomic E-state index is -0.531. The van der Waals surface area contributed by atoms with Gasteiger partial charge in [-0.2, -0.15) is 15.6 Å². The molecule has 0 fully saturated rings. The number of hydrogen-bond acceptors (Lipinski definition) is 6. The smallest absolute Gasteiger partial charge is 0.284 e. The number of anilines is 1. The second-order valence-corrected chi connectivity index (χ2v) is 6.46. The highest BCUT2D eigenvalue weighted by Gasteiger charge is 2.20. The molecule has 9 heteroatoms. The molecule has 0 atom stereocenters. The van der Waals surface area contributed by atoms with Gasteiger partial charge in [0.25, 0.3) is 5.69 Å². The largest absolute Gasteiger partial charge is 0.382 e. The molecule has 2 N–H and O–H groups in total. The Morgan fingerprint density at radius 3 is 2.57 bits per heavy atom. The first-order valence-electron chi connectivity index (χ1n) is 7.86. The maximum Gasteiger partial charge on any atom is 0.284 e. The maximum absolute atomic E-state index is 11.1. The third-order valence-corrected chi connectivity index (χ3v) is 4.56. The minimum Gasteiger partial charge on any atom is -0.382 e. The molecule has 0 aliphatic carbocycles. The van der Waals surface area contributed by atoms with Crippen molar-refractivity contribution in [3.8, 4) is 17.8 Å². The molecule has 0 aliphatic rings. The molecule has 8 nitrogen and oxygen atoms in total. The summed E-state index contributed by atoms with van der Waals surface area (Å²) in [7, 11) is 0. The van der Waals surface area contributed by atoms with Crippen LogP contribution in [0.25, 0.3) is 17.3 Å². The van der Waals surface area contributed by atoms with Crippen molar-refractivity contribution >= 4 is 39.1 Å². The average Bonchev–Trinajstić information content (AvgIpc) is 3.03. The SMILES string of the molecule is N#C/C(=C\c1ccc(Br)c([N+](=O)[O-])c1)c1nn(-c2ccccc2)c(N)c1C#N. The van der Waals surface area contributed by atoms with Gasteiger partial charge in [0.2, 0.25) is 0 Å². The molecule has 136 valence electrons. The summed E-state index contributed by atoms with van der Waals surface area (Å²) in [5.74, 6) is 0.103. The molecule has 3 aromatic rings. The van der Waals surface area contributed by atoms with Gasteiger partial charge in [-0.15, -0.1) is 0 Å². The van der Waals surface area contributed by atoms with Crippen LogP contribution < -0.4 is 5.73 Å². The molecule has 0 spiro atoms. The molecule has 0 radical (unpaired) electrons. The normalized spacial score (nSPS) is 10.9. The first kappa shape index (κ1) is 18.8. The van der Waals surface area contributed by atoms with E-state index in [1.807, 2.05) is 18.2 Å². The van der Waals surface area contributed by atoms with Crippen LogP contribution in [0.4, 0.5) is 11.5 Å². The van der Waals surface area contributed by atoms with Gasteiger partial charge in [-0.25, -0.2) is 4.68 Å². The topological polar surface area (TPSA) is 135 Å². The lowest BCUT2D eigenvalue weighted by Crippen LogP contribution is -2.02. The molecule has 0 bridgehead atoms. The first-order valence-corrected chi connectivity index (χ1v) is 8.65. The number of benzene rings is 2. The number of rotatable bonds is 4. The van der Waals surface area contributed by atoms with E-state index in [0.717, 1.165) is 0 Å². The number of nitrogen functional groups attached to an aromatic ring is 1. The van der Waals surface area contributed by atoms with E-state index in [2.05, 4.69) is 21.0 Å². The molecule has 0 aliphatic heterocycles. The molecule has 3 rings (SSSR count). The number of nitriles is 2. The molecule has 0 saturated carbocycles. The molecular formula is C19H11BrN6O2. The summed E-state index contributed by atoms with van der Waals surface area (Å²) >= 11 is 3.12. The lowest BCUT2D eigenvalue weighted by atomic mass is 10.1. The quantitative estimate of drug-likeness (QED) is 0.373. The molecule has 0 unspecified atom stereocenters. The highest BCUT2D eigenvalue weighted by Crippen LogP contribution is 2.30. The third-order valence-electron chi connectivity index (χ3n) is 3.89. The minimum absolute atomic E-state index is 0.0586. The fraction of sp³-hybridized carbons (Fsp3) is 0. The van der Waals surface area contributed by atoms with Crippen LogP contribution in [0.2, 0.25) is 0 Å². The van der Waals surface area contributed by atoms with E-state index in [9.17, 15) is 20.6 Å². The van der Waals surface area contributed by atoms with Crippen LogP contribution >= 0.6 is 15.9 Å². The van der Waals surface area contributed by atoms with E-state index < -0.39 is 4.92 Å². The van der Waals surface area contributed by atoms with Crippen molar-refractivity contribution in [3.63, 3.8) is 0 Å². The summed E-state index contributed by atoms with van der Waals surface area (Å²) in [5.41, 5.74) is 7.21. The van der Waals surface area contributed by atoms with Crippen molar-refractivity contribution in [1.82, 2.24) is 9.78 Å². The number of allylic oxidation sites excluding steroid dienone is 1. The summed E-state index contributed by atoms with van der Waals surface area (Å²) in [6.45, 7) is 0. The van der Waals surface area contributed by atoms with Crippen molar-refractivity contribution in [2.24, 2.45) is 0 Å². The van der Waals surface area contributed by atoms with Crippen LogP contribution in [-0.4, -0.2) is 14.7 Å². The Labute approximate surface area is 168 Å². The second-order valence-electron chi connectivity index (χ2n) is 5.61.